The third kappa shape index (κ3) is 3.40. The highest BCUT2D eigenvalue weighted by Gasteiger charge is 2.18. The SMILES string of the molecule is COc1ccc2cc(S(N)(=O)=O)cc(C(=O)c3ccc(C)cc3)c2c1. The summed E-state index contributed by atoms with van der Waals surface area (Å²) in [7, 11) is -2.41. The smallest absolute Gasteiger partial charge is 0.238 e. The lowest BCUT2D eigenvalue weighted by atomic mass is 9.96. The number of primary sulfonamides is 1. The molecule has 0 amide bonds. The van der Waals surface area contributed by atoms with E-state index in [2.05, 4.69) is 0 Å². The lowest BCUT2D eigenvalue weighted by Gasteiger charge is -2.11. The number of ether oxygens (including phenoxy) is 1. The predicted molar refractivity (Wildman–Crippen MR) is 96.5 cm³/mol. The fourth-order valence-electron chi connectivity index (χ4n) is 2.65. The van der Waals surface area contributed by atoms with Crippen molar-refractivity contribution in [2.45, 2.75) is 11.8 Å². The Kier molecular flexibility index (Phi) is 4.32. The Morgan fingerprint density at radius 3 is 2.28 bits per heavy atom. The van der Waals surface area contributed by atoms with Gasteiger partial charge in [0, 0.05) is 11.1 Å². The van der Waals surface area contributed by atoms with Crippen LogP contribution in [-0.2, 0) is 10.0 Å². The summed E-state index contributed by atoms with van der Waals surface area (Å²) >= 11 is 0. The van der Waals surface area contributed by atoms with Gasteiger partial charge >= 0.3 is 0 Å². The lowest BCUT2D eigenvalue weighted by molar-refractivity contribution is 0.104. The van der Waals surface area contributed by atoms with Crippen molar-refractivity contribution in [3.8, 4) is 5.75 Å². The summed E-state index contributed by atoms with van der Waals surface area (Å²) in [6.45, 7) is 1.93. The topological polar surface area (TPSA) is 86.5 Å². The fraction of sp³-hybridized carbons (Fsp3) is 0.105. The van der Waals surface area contributed by atoms with Crippen LogP contribution in [0.5, 0.6) is 5.75 Å². The van der Waals surface area contributed by atoms with Crippen molar-refractivity contribution in [3.63, 3.8) is 0 Å². The molecule has 2 N–H and O–H groups in total. The largest absolute Gasteiger partial charge is 0.497 e. The maximum atomic E-state index is 13.0. The molecule has 0 atom stereocenters. The highest BCUT2D eigenvalue weighted by Crippen LogP contribution is 2.29. The molecule has 0 saturated heterocycles. The van der Waals surface area contributed by atoms with Crippen molar-refractivity contribution in [1.29, 1.82) is 0 Å². The molecule has 6 heteroatoms. The number of carbonyl (C=O) groups excluding carboxylic acids is 1. The number of aryl methyl sites for hydroxylation is 1. The maximum Gasteiger partial charge on any atom is 0.238 e. The summed E-state index contributed by atoms with van der Waals surface area (Å²) in [5, 5.41) is 6.48. The first kappa shape index (κ1) is 17.1. The van der Waals surface area contributed by atoms with Crippen molar-refractivity contribution in [1.82, 2.24) is 0 Å². The number of sulfonamides is 1. The molecule has 0 fully saturated rings. The number of rotatable bonds is 4. The molecule has 3 aromatic rings. The molecule has 0 spiro atoms. The van der Waals surface area contributed by atoms with E-state index in [9.17, 15) is 13.2 Å². The third-order valence-corrected chi connectivity index (χ3v) is 4.91. The van der Waals surface area contributed by atoms with Gasteiger partial charge in [0.25, 0.3) is 0 Å². The first-order valence-electron chi connectivity index (χ1n) is 7.55. The minimum absolute atomic E-state index is 0.0966. The molecule has 0 aliphatic rings. The van der Waals surface area contributed by atoms with Crippen LogP contribution in [0.15, 0.2) is 59.5 Å². The fourth-order valence-corrected chi connectivity index (χ4v) is 3.22. The zero-order valence-electron chi connectivity index (χ0n) is 13.8. The van der Waals surface area contributed by atoms with Crippen LogP contribution in [0.3, 0.4) is 0 Å². The molecule has 0 aromatic heterocycles. The van der Waals surface area contributed by atoms with Crippen molar-refractivity contribution >= 4 is 26.6 Å². The van der Waals surface area contributed by atoms with Crippen molar-refractivity contribution in [3.05, 3.63) is 71.3 Å². The molecular weight excluding hydrogens is 338 g/mol. The standard InChI is InChI=1S/C19H17NO4S/c1-12-3-5-13(6-4-12)19(21)18-11-16(25(20,22)23)9-14-7-8-15(24-2)10-17(14)18/h3-11H,1-2H3,(H2,20,22,23). The van der Waals surface area contributed by atoms with E-state index in [-0.39, 0.29) is 16.2 Å². The second-order valence-corrected chi connectivity index (χ2v) is 7.36. The Morgan fingerprint density at radius 1 is 1.00 bits per heavy atom. The number of hydrogen-bond donors (Lipinski definition) is 1. The Labute approximate surface area is 146 Å². The lowest BCUT2D eigenvalue weighted by Crippen LogP contribution is -2.13. The van der Waals surface area contributed by atoms with E-state index < -0.39 is 10.0 Å². The maximum absolute atomic E-state index is 13.0. The van der Waals surface area contributed by atoms with Gasteiger partial charge in [-0.1, -0.05) is 35.9 Å². The quantitative estimate of drug-likeness (QED) is 0.729. The van der Waals surface area contributed by atoms with Gasteiger partial charge < -0.3 is 4.74 Å². The van der Waals surface area contributed by atoms with Crippen LogP contribution < -0.4 is 9.88 Å². The normalized spacial score (nSPS) is 11.5. The average Bonchev–Trinajstić information content (AvgIpc) is 2.59. The van der Waals surface area contributed by atoms with Gasteiger partial charge in [-0.3, -0.25) is 4.79 Å². The Bertz CT molecular complexity index is 1070. The van der Waals surface area contributed by atoms with E-state index in [1.165, 1.54) is 19.2 Å². The number of hydrogen-bond acceptors (Lipinski definition) is 4. The summed E-state index contributed by atoms with van der Waals surface area (Å²) in [5.41, 5.74) is 1.77. The summed E-state index contributed by atoms with van der Waals surface area (Å²) < 4.78 is 28.8. The van der Waals surface area contributed by atoms with Gasteiger partial charge in [0.15, 0.2) is 5.78 Å². The second-order valence-electron chi connectivity index (χ2n) is 5.80. The number of ketones is 1. The molecule has 25 heavy (non-hydrogen) atoms. The summed E-state index contributed by atoms with van der Waals surface area (Å²) in [6.07, 6.45) is 0. The summed E-state index contributed by atoms with van der Waals surface area (Å²) in [5.74, 6) is 0.303. The van der Waals surface area contributed by atoms with E-state index in [0.29, 0.717) is 22.1 Å². The van der Waals surface area contributed by atoms with E-state index in [1.807, 2.05) is 19.1 Å². The number of fused-ring (bicyclic) bond motifs is 1. The molecule has 0 aliphatic heterocycles. The molecule has 128 valence electrons. The average molecular weight is 355 g/mol. The zero-order valence-corrected chi connectivity index (χ0v) is 14.6. The van der Waals surface area contributed by atoms with Crippen LogP contribution in [0.25, 0.3) is 10.8 Å². The van der Waals surface area contributed by atoms with Crippen LogP contribution in [0, 0.1) is 6.92 Å². The first-order chi connectivity index (χ1) is 11.8. The molecular formula is C19H17NO4S. The summed E-state index contributed by atoms with van der Waals surface area (Å²) in [6, 6.07) is 15.0. The van der Waals surface area contributed by atoms with Crippen molar-refractivity contribution < 1.29 is 17.9 Å². The molecule has 3 rings (SSSR count). The van der Waals surface area contributed by atoms with Gasteiger partial charge in [0.1, 0.15) is 5.75 Å². The van der Waals surface area contributed by atoms with Crippen LogP contribution in [0.1, 0.15) is 21.5 Å². The molecule has 0 unspecified atom stereocenters. The predicted octanol–water partition coefficient (Wildman–Crippen LogP) is 3.04. The molecule has 0 heterocycles. The molecule has 5 nitrogen and oxygen atoms in total. The molecule has 0 saturated carbocycles. The molecule has 0 bridgehead atoms. The van der Waals surface area contributed by atoms with Crippen LogP contribution in [0.4, 0.5) is 0 Å². The number of methoxy groups -OCH3 is 1. The van der Waals surface area contributed by atoms with E-state index in [0.717, 1.165) is 5.56 Å². The van der Waals surface area contributed by atoms with Gasteiger partial charge in [-0.05, 0) is 42.0 Å². The van der Waals surface area contributed by atoms with Gasteiger partial charge in [0.05, 0.1) is 12.0 Å². The highest BCUT2D eigenvalue weighted by molar-refractivity contribution is 7.89. The third-order valence-electron chi connectivity index (χ3n) is 4.02. The molecule has 3 aromatic carbocycles. The van der Waals surface area contributed by atoms with Crippen LogP contribution in [-0.4, -0.2) is 21.3 Å². The number of nitrogens with two attached hydrogens (primary N) is 1. The monoisotopic (exact) mass is 355 g/mol. The molecule has 0 aliphatic carbocycles. The Morgan fingerprint density at radius 2 is 1.68 bits per heavy atom. The second kappa shape index (κ2) is 6.31. The number of benzene rings is 3. The van der Waals surface area contributed by atoms with Crippen LogP contribution in [0.2, 0.25) is 0 Å². The first-order valence-corrected chi connectivity index (χ1v) is 9.10. The highest BCUT2D eigenvalue weighted by atomic mass is 32.2. The molecule has 0 radical (unpaired) electrons. The minimum atomic E-state index is -3.94. The van der Waals surface area contributed by atoms with Gasteiger partial charge in [-0.25, -0.2) is 13.6 Å². The van der Waals surface area contributed by atoms with E-state index >= 15 is 0 Å². The minimum Gasteiger partial charge on any atom is -0.497 e. The van der Waals surface area contributed by atoms with Crippen LogP contribution >= 0.6 is 0 Å². The van der Waals surface area contributed by atoms with Crippen molar-refractivity contribution in [2.24, 2.45) is 5.14 Å². The summed E-state index contributed by atoms with van der Waals surface area (Å²) in [4.78, 5) is 12.9. The van der Waals surface area contributed by atoms with E-state index in [4.69, 9.17) is 9.88 Å². The zero-order chi connectivity index (χ0) is 18.2. The number of carbonyl (C=O) groups is 1. The van der Waals surface area contributed by atoms with Gasteiger partial charge in [0.2, 0.25) is 10.0 Å². The van der Waals surface area contributed by atoms with Gasteiger partial charge in [-0.2, -0.15) is 0 Å². The van der Waals surface area contributed by atoms with Gasteiger partial charge in [-0.15, -0.1) is 0 Å². The van der Waals surface area contributed by atoms with E-state index in [1.54, 1.807) is 30.3 Å². The Balaban J connectivity index is 2.29. The Hall–Kier alpha value is -2.70. The van der Waals surface area contributed by atoms with Crippen molar-refractivity contribution in [2.75, 3.05) is 7.11 Å².